The quantitative estimate of drug-likeness (QED) is 0.386. The summed E-state index contributed by atoms with van der Waals surface area (Å²) >= 11 is 5.27. The van der Waals surface area contributed by atoms with Crippen molar-refractivity contribution >= 4 is 57.8 Å². The lowest BCUT2D eigenvalue weighted by Crippen LogP contribution is -2.54. The number of carboxylic acid groups (broad SMARTS) is 1. The highest BCUT2D eigenvalue weighted by atomic mass is 32.1. The zero-order valence-electron chi connectivity index (χ0n) is 16.8. The van der Waals surface area contributed by atoms with E-state index in [0.717, 1.165) is 11.1 Å². The number of amides is 2. The molecule has 8 heteroatoms. The predicted molar refractivity (Wildman–Crippen MR) is 119 cm³/mol. The van der Waals surface area contributed by atoms with E-state index in [4.69, 9.17) is 12.2 Å². The van der Waals surface area contributed by atoms with Gasteiger partial charge >= 0.3 is 0 Å². The molecule has 2 heterocycles. The molecule has 7 nitrogen and oxygen atoms in total. The number of thiocarbonyl (C=S) groups is 1. The molecule has 1 aliphatic heterocycles. The zero-order chi connectivity index (χ0) is 22.3. The lowest BCUT2D eigenvalue weighted by atomic mass is 10.0. The molecular weight excluding hydrogens is 414 g/mol. The number of hydrogen-bond donors (Lipinski definition) is 1. The van der Waals surface area contributed by atoms with E-state index in [-0.39, 0.29) is 17.2 Å². The highest BCUT2D eigenvalue weighted by Crippen LogP contribution is 2.28. The van der Waals surface area contributed by atoms with Crippen LogP contribution in [0.25, 0.3) is 17.0 Å². The minimum absolute atomic E-state index is 0.0125. The van der Waals surface area contributed by atoms with Gasteiger partial charge in [-0.25, -0.2) is 0 Å². The van der Waals surface area contributed by atoms with Gasteiger partial charge in [0.05, 0.1) is 18.2 Å². The molecule has 3 aromatic rings. The molecule has 1 aromatic heterocycles. The van der Waals surface area contributed by atoms with Crippen LogP contribution in [0, 0.1) is 13.8 Å². The summed E-state index contributed by atoms with van der Waals surface area (Å²) in [5.74, 6) is -2.39. The Hall–Kier alpha value is -3.78. The fourth-order valence-electron chi connectivity index (χ4n) is 3.75. The van der Waals surface area contributed by atoms with Crippen molar-refractivity contribution in [2.45, 2.75) is 20.4 Å². The Labute approximate surface area is 183 Å². The van der Waals surface area contributed by atoms with E-state index in [1.54, 1.807) is 36.5 Å². The van der Waals surface area contributed by atoms with Crippen molar-refractivity contribution in [2.24, 2.45) is 0 Å². The molecule has 31 heavy (non-hydrogen) atoms. The molecular formula is C23H18N3O4S-. The maximum Gasteiger partial charge on any atom is 0.270 e. The summed E-state index contributed by atoms with van der Waals surface area (Å²) in [4.78, 5) is 38.4. The molecule has 0 aliphatic carbocycles. The number of hydrogen-bond acceptors (Lipinski definition) is 5. The van der Waals surface area contributed by atoms with Gasteiger partial charge in [0, 0.05) is 22.7 Å². The topological polar surface area (TPSA) is 94.5 Å². The van der Waals surface area contributed by atoms with Crippen LogP contribution in [0.15, 0.2) is 54.2 Å². The number of aliphatic carboxylic acids is 1. The van der Waals surface area contributed by atoms with Gasteiger partial charge in [-0.3, -0.25) is 19.8 Å². The lowest BCUT2D eigenvalue weighted by Gasteiger charge is -2.30. The maximum atomic E-state index is 13.3. The van der Waals surface area contributed by atoms with E-state index in [1.807, 2.05) is 26.0 Å². The first kappa shape index (κ1) is 20.5. The Bertz CT molecular complexity index is 1310. The van der Waals surface area contributed by atoms with Gasteiger partial charge in [-0.2, -0.15) is 0 Å². The smallest absolute Gasteiger partial charge is 0.270 e. The van der Waals surface area contributed by atoms with Crippen molar-refractivity contribution in [1.82, 2.24) is 9.88 Å². The number of carbonyl (C=O) groups excluding carboxylic acids is 3. The van der Waals surface area contributed by atoms with Crippen molar-refractivity contribution in [1.29, 1.82) is 0 Å². The van der Waals surface area contributed by atoms with Gasteiger partial charge in [0.25, 0.3) is 11.8 Å². The molecule has 0 radical (unpaired) electrons. The number of nitrogens with zero attached hydrogens (tertiary/aromatic N) is 2. The normalized spacial score (nSPS) is 15.6. The van der Waals surface area contributed by atoms with Crippen LogP contribution in [0.1, 0.15) is 16.7 Å². The third-order valence-electron chi connectivity index (χ3n) is 5.11. The van der Waals surface area contributed by atoms with Gasteiger partial charge in [0.2, 0.25) is 0 Å². The summed E-state index contributed by atoms with van der Waals surface area (Å²) in [5, 5.41) is 14.4. The highest BCUT2D eigenvalue weighted by molar-refractivity contribution is 7.80. The van der Waals surface area contributed by atoms with Crippen LogP contribution in [0.2, 0.25) is 0 Å². The molecule has 0 bridgehead atoms. The van der Waals surface area contributed by atoms with E-state index >= 15 is 0 Å². The van der Waals surface area contributed by atoms with Crippen LogP contribution >= 0.6 is 12.2 Å². The molecule has 1 fully saturated rings. The molecule has 2 aromatic carbocycles. The number of fused-ring (bicyclic) bond motifs is 1. The van der Waals surface area contributed by atoms with Crippen molar-refractivity contribution < 1.29 is 19.5 Å². The second-order valence-corrected chi connectivity index (χ2v) is 7.74. The molecule has 1 saturated heterocycles. The van der Waals surface area contributed by atoms with Crippen LogP contribution in [0.5, 0.6) is 0 Å². The van der Waals surface area contributed by atoms with Gasteiger partial charge in [0.1, 0.15) is 5.57 Å². The van der Waals surface area contributed by atoms with Gasteiger partial charge in [0.15, 0.2) is 5.11 Å². The van der Waals surface area contributed by atoms with Crippen LogP contribution < -0.4 is 15.3 Å². The first-order valence-corrected chi connectivity index (χ1v) is 9.93. The van der Waals surface area contributed by atoms with Gasteiger partial charge in [-0.15, -0.1) is 0 Å². The monoisotopic (exact) mass is 432 g/mol. The van der Waals surface area contributed by atoms with Crippen LogP contribution in [0.4, 0.5) is 5.69 Å². The summed E-state index contributed by atoms with van der Waals surface area (Å²) < 4.78 is 1.51. The summed E-state index contributed by atoms with van der Waals surface area (Å²) in [6, 6.07) is 12.7. The molecule has 156 valence electrons. The Kier molecular flexibility index (Phi) is 5.16. The zero-order valence-corrected chi connectivity index (χ0v) is 17.7. The molecule has 2 amide bonds. The van der Waals surface area contributed by atoms with Gasteiger partial charge in [-0.1, -0.05) is 35.9 Å². The molecule has 0 atom stereocenters. The number of carbonyl (C=O) groups is 3. The van der Waals surface area contributed by atoms with Crippen molar-refractivity contribution in [3.8, 4) is 0 Å². The van der Waals surface area contributed by atoms with Crippen molar-refractivity contribution in [3.63, 3.8) is 0 Å². The average molecular weight is 432 g/mol. The molecule has 1 aliphatic rings. The molecule has 0 unspecified atom stereocenters. The van der Waals surface area contributed by atoms with E-state index in [2.05, 4.69) is 5.32 Å². The van der Waals surface area contributed by atoms with Gasteiger partial charge < -0.3 is 14.5 Å². The Morgan fingerprint density at radius 2 is 1.90 bits per heavy atom. The highest BCUT2D eigenvalue weighted by Gasteiger charge is 2.35. The first-order chi connectivity index (χ1) is 14.8. The first-order valence-electron chi connectivity index (χ1n) is 9.52. The third-order valence-corrected chi connectivity index (χ3v) is 5.40. The largest absolute Gasteiger partial charge is 0.548 e. The minimum atomic E-state index is -1.24. The number of para-hydroxylation sites is 1. The van der Waals surface area contributed by atoms with E-state index in [0.29, 0.717) is 22.2 Å². The van der Waals surface area contributed by atoms with E-state index in [1.165, 1.54) is 15.5 Å². The number of anilines is 1. The molecule has 0 spiro atoms. The number of benzene rings is 2. The Morgan fingerprint density at radius 1 is 1.16 bits per heavy atom. The number of nitrogens with one attached hydrogen (secondary N) is 1. The fraction of sp³-hybridized carbons (Fsp3) is 0.130. The number of rotatable bonds is 4. The molecule has 0 saturated carbocycles. The predicted octanol–water partition coefficient (Wildman–Crippen LogP) is 1.84. The molecule has 4 rings (SSSR count). The second kappa shape index (κ2) is 7.81. The van der Waals surface area contributed by atoms with Crippen LogP contribution in [-0.2, 0) is 20.9 Å². The third kappa shape index (κ3) is 3.73. The summed E-state index contributed by atoms with van der Waals surface area (Å²) in [6.45, 7) is 3.47. The standard InChI is InChI=1S/C23H19N3O4S/c1-13-7-8-18(14(2)9-13)26-22(30)17(21(29)24-23(26)31)10-15-11-25(12-20(27)28)19-6-4-3-5-16(15)19/h3-11H,12H2,1-2H3,(H,27,28)(H,24,29,31)/p-1/b17-10+. The average Bonchev–Trinajstić information content (AvgIpc) is 3.03. The summed E-state index contributed by atoms with van der Waals surface area (Å²) in [6.07, 6.45) is 3.05. The molecule has 1 N–H and O–H groups in total. The maximum absolute atomic E-state index is 13.3. The number of aromatic nitrogens is 1. The Morgan fingerprint density at radius 3 is 2.61 bits per heavy atom. The minimum Gasteiger partial charge on any atom is -0.548 e. The van der Waals surface area contributed by atoms with Crippen molar-refractivity contribution in [3.05, 3.63) is 70.9 Å². The van der Waals surface area contributed by atoms with Crippen molar-refractivity contribution in [2.75, 3.05) is 4.90 Å². The number of carboxylic acids is 1. The van der Waals surface area contributed by atoms with E-state index in [9.17, 15) is 19.5 Å². The van der Waals surface area contributed by atoms with Crippen LogP contribution in [0.3, 0.4) is 0 Å². The fourth-order valence-corrected chi connectivity index (χ4v) is 4.02. The SMILES string of the molecule is Cc1ccc(N2C(=O)/C(=C/c3cn(CC(=O)[O-])c4ccccc34)C(=O)NC2=S)c(C)c1. The number of aryl methyl sites for hydroxylation is 2. The Balaban J connectivity index is 1.82. The summed E-state index contributed by atoms with van der Waals surface area (Å²) in [7, 11) is 0. The summed E-state index contributed by atoms with van der Waals surface area (Å²) in [5.41, 5.74) is 3.58. The van der Waals surface area contributed by atoms with Gasteiger partial charge in [-0.05, 0) is 49.8 Å². The van der Waals surface area contributed by atoms with Crippen LogP contribution in [-0.4, -0.2) is 27.5 Å². The van der Waals surface area contributed by atoms with E-state index < -0.39 is 17.8 Å². The second-order valence-electron chi connectivity index (χ2n) is 7.35. The lowest BCUT2D eigenvalue weighted by molar-refractivity contribution is -0.306.